The molecule has 0 rings (SSSR count). The van der Waals surface area contributed by atoms with E-state index in [1.165, 1.54) is 0 Å². The van der Waals surface area contributed by atoms with E-state index in [9.17, 15) is 13.2 Å². The zero-order valence-corrected chi connectivity index (χ0v) is 11.8. The minimum Gasteiger partial charge on any atom is -0.481 e. The molecule has 6 heteroatoms. The maximum atomic E-state index is 11.6. The lowest BCUT2D eigenvalue weighted by Crippen LogP contribution is -2.33. The molecule has 0 aliphatic rings. The standard InChI is InChI=1S/C11H23NO4S/c1-9(10(13)14)6-5-7-12-17(15,16)8-11(2,3)4/h9,12H,5-8H2,1-4H3,(H,13,14). The molecule has 0 amide bonds. The second kappa shape index (κ2) is 6.35. The minimum absolute atomic E-state index is 0.0779. The summed E-state index contributed by atoms with van der Waals surface area (Å²) in [5.74, 6) is -1.20. The fraction of sp³-hybridized carbons (Fsp3) is 0.909. The van der Waals surface area contributed by atoms with E-state index in [0.717, 1.165) is 0 Å². The molecule has 0 aromatic carbocycles. The quantitative estimate of drug-likeness (QED) is 0.682. The molecule has 0 spiro atoms. The Morgan fingerprint density at radius 3 is 2.29 bits per heavy atom. The first-order valence-electron chi connectivity index (χ1n) is 5.74. The SMILES string of the molecule is CC(CCCNS(=O)(=O)CC(C)(C)C)C(=O)O. The Morgan fingerprint density at radius 1 is 1.35 bits per heavy atom. The fourth-order valence-corrected chi connectivity index (χ4v) is 3.08. The second-order valence-electron chi connectivity index (χ2n) is 5.60. The molecule has 0 aliphatic heterocycles. The first-order valence-corrected chi connectivity index (χ1v) is 7.39. The summed E-state index contributed by atoms with van der Waals surface area (Å²) in [6.45, 7) is 7.50. The van der Waals surface area contributed by atoms with Gasteiger partial charge in [-0.3, -0.25) is 4.79 Å². The summed E-state index contributed by atoms with van der Waals surface area (Å²) in [4.78, 5) is 10.5. The van der Waals surface area contributed by atoms with Gasteiger partial charge in [0.15, 0.2) is 0 Å². The summed E-state index contributed by atoms with van der Waals surface area (Å²) >= 11 is 0. The van der Waals surface area contributed by atoms with Crippen LogP contribution in [0.25, 0.3) is 0 Å². The first kappa shape index (κ1) is 16.4. The Bertz CT molecular complexity index is 343. The van der Waals surface area contributed by atoms with Gasteiger partial charge >= 0.3 is 5.97 Å². The van der Waals surface area contributed by atoms with Gasteiger partial charge in [0.25, 0.3) is 0 Å². The molecule has 102 valence electrons. The lowest BCUT2D eigenvalue weighted by Gasteiger charge is -2.18. The van der Waals surface area contributed by atoms with Gasteiger partial charge in [-0.25, -0.2) is 13.1 Å². The molecule has 0 bridgehead atoms. The van der Waals surface area contributed by atoms with E-state index in [1.54, 1.807) is 6.92 Å². The maximum absolute atomic E-state index is 11.6. The molecule has 0 aliphatic carbocycles. The van der Waals surface area contributed by atoms with Gasteiger partial charge in [-0.2, -0.15) is 0 Å². The molecule has 1 atom stereocenters. The van der Waals surface area contributed by atoms with Crippen LogP contribution in [0.3, 0.4) is 0 Å². The number of hydrogen-bond donors (Lipinski definition) is 2. The first-order chi connectivity index (χ1) is 7.53. The molecule has 5 nitrogen and oxygen atoms in total. The van der Waals surface area contributed by atoms with Crippen LogP contribution in [0.2, 0.25) is 0 Å². The van der Waals surface area contributed by atoms with Crippen LogP contribution in [-0.2, 0) is 14.8 Å². The van der Waals surface area contributed by atoms with Gasteiger partial charge in [-0.1, -0.05) is 27.7 Å². The van der Waals surface area contributed by atoms with Crippen molar-refractivity contribution in [3.8, 4) is 0 Å². The van der Waals surface area contributed by atoms with Crippen LogP contribution < -0.4 is 4.72 Å². The van der Waals surface area contributed by atoms with Gasteiger partial charge in [0.05, 0.1) is 11.7 Å². The van der Waals surface area contributed by atoms with Gasteiger partial charge in [0, 0.05) is 6.54 Å². The fourth-order valence-electron chi connectivity index (χ4n) is 1.38. The molecular formula is C11H23NO4S. The second-order valence-corrected chi connectivity index (χ2v) is 7.40. The lowest BCUT2D eigenvalue weighted by molar-refractivity contribution is -0.141. The van der Waals surface area contributed by atoms with Crippen molar-refractivity contribution in [2.45, 2.75) is 40.5 Å². The summed E-state index contributed by atoms with van der Waals surface area (Å²) in [6.07, 6.45) is 1.02. The van der Waals surface area contributed by atoms with E-state index in [-0.39, 0.29) is 11.2 Å². The van der Waals surface area contributed by atoms with Crippen molar-refractivity contribution < 1.29 is 18.3 Å². The van der Waals surface area contributed by atoms with Crippen molar-refractivity contribution in [1.29, 1.82) is 0 Å². The van der Waals surface area contributed by atoms with Crippen LogP contribution in [0.15, 0.2) is 0 Å². The van der Waals surface area contributed by atoms with Crippen LogP contribution in [0.4, 0.5) is 0 Å². The highest BCUT2D eigenvalue weighted by Gasteiger charge is 2.21. The molecule has 0 fully saturated rings. The summed E-state index contributed by atoms with van der Waals surface area (Å²) in [5, 5.41) is 8.66. The summed E-state index contributed by atoms with van der Waals surface area (Å²) in [6, 6.07) is 0. The van der Waals surface area contributed by atoms with E-state index in [2.05, 4.69) is 4.72 Å². The molecule has 1 unspecified atom stereocenters. The van der Waals surface area contributed by atoms with Crippen LogP contribution in [-0.4, -0.2) is 31.8 Å². The summed E-state index contributed by atoms with van der Waals surface area (Å²) in [7, 11) is -3.25. The predicted molar refractivity (Wildman–Crippen MR) is 67.3 cm³/mol. The number of carboxylic acid groups (broad SMARTS) is 1. The highest BCUT2D eigenvalue weighted by Crippen LogP contribution is 2.15. The van der Waals surface area contributed by atoms with Crippen LogP contribution in [0.1, 0.15) is 40.5 Å². The van der Waals surface area contributed by atoms with Gasteiger partial charge in [-0.15, -0.1) is 0 Å². The molecule has 2 N–H and O–H groups in total. The Morgan fingerprint density at radius 2 is 1.88 bits per heavy atom. The lowest BCUT2D eigenvalue weighted by atomic mass is 10.0. The monoisotopic (exact) mass is 265 g/mol. The molecule has 0 aromatic heterocycles. The van der Waals surface area contributed by atoms with Gasteiger partial charge < -0.3 is 5.11 Å². The molecule has 0 saturated heterocycles. The number of nitrogens with one attached hydrogen (secondary N) is 1. The topological polar surface area (TPSA) is 83.5 Å². The molecular weight excluding hydrogens is 242 g/mol. The van der Waals surface area contributed by atoms with Crippen molar-refractivity contribution in [2.75, 3.05) is 12.3 Å². The van der Waals surface area contributed by atoms with Crippen LogP contribution >= 0.6 is 0 Å². The van der Waals surface area contributed by atoms with Crippen molar-refractivity contribution in [3.63, 3.8) is 0 Å². The minimum atomic E-state index is -3.25. The third kappa shape index (κ3) is 9.12. The number of carboxylic acids is 1. The third-order valence-electron chi connectivity index (χ3n) is 2.18. The zero-order chi connectivity index (χ0) is 13.7. The van der Waals surface area contributed by atoms with Crippen molar-refractivity contribution in [1.82, 2.24) is 4.72 Å². The average Bonchev–Trinajstić information content (AvgIpc) is 2.07. The van der Waals surface area contributed by atoms with Crippen molar-refractivity contribution in [2.24, 2.45) is 11.3 Å². The third-order valence-corrected chi connectivity index (χ3v) is 4.07. The highest BCUT2D eigenvalue weighted by molar-refractivity contribution is 7.89. The smallest absolute Gasteiger partial charge is 0.306 e. The normalized spacial score (nSPS) is 14.6. The van der Waals surface area contributed by atoms with Crippen molar-refractivity contribution in [3.05, 3.63) is 0 Å². The van der Waals surface area contributed by atoms with E-state index in [0.29, 0.717) is 19.4 Å². The Labute approximate surface area is 104 Å². The zero-order valence-electron chi connectivity index (χ0n) is 11.0. The van der Waals surface area contributed by atoms with Gasteiger partial charge in [-0.05, 0) is 18.3 Å². The largest absolute Gasteiger partial charge is 0.481 e. The molecule has 0 heterocycles. The Balaban J connectivity index is 3.93. The highest BCUT2D eigenvalue weighted by atomic mass is 32.2. The number of rotatable bonds is 7. The number of hydrogen-bond acceptors (Lipinski definition) is 3. The summed E-state index contributed by atoms with van der Waals surface area (Å²) < 4.78 is 25.7. The van der Waals surface area contributed by atoms with Gasteiger partial charge in [0.2, 0.25) is 10.0 Å². The number of sulfonamides is 1. The number of aliphatic carboxylic acids is 1. The number of carbonyl (C=O) groups is 1. The molecule has 17 heavy (non-hydrogen) atoms. The van der Waals surface area contributed by atoms with E-state index < -0.39 is 21.9 Å². The van der Waals surface area contributed by atoms with Crippen LogP contribution in [0.5, 0.6) is 0 Å². The molecule has 0 saturated carbocycles. The Kier molecular flexibility index (Phi) is 6.12. The molecule has 0 aromatic rings. The van der Waals surface area contributed by atoms with E-state index in [1.807, 2.05) is 20.8 Å². The Hall–Kier alpha value is -0.620. The van der Waals surface area contributed by atoms with Crippen LogP contribution in [0, 0.1) is 11.3 Å². The average molecular weight is 265 g/mol. The maximum Gasteiger partial charge on any atom is 0.306 e. The van der Waals surface area contributed by atoms with E-state index >= 15 is 0 Å². The van der Waals surface area contributed by atoms with Gasteiger partial charge in [0.1, 0.15) is 0 Å². The molecule has 0 radical (unpaired) electrons. The van der Waals surface area contributed by atoms with E-state index in [4.69, 9.17) is 5.11 Å². The summed E-state index contributed by atoms with van der Waals surface area (Å²) in [5.41, 5.74) is -0.278. The predicted octanol–water partition coefficient (Wildman–Crippen LogP) is 1.45. The van der Waals surface area contributed by atoms with Crippen molar-refractivity contribution >= 4 is 16.0 Å².